The van der Waals surface area contributed by atoms with Crippen molar-refractivity contribution in [2.75, 3.05) is 71.3 Å². The van der Waals surface area contributed by atoms with E-state index in [-0.39, 0.29) is 26.4 Å². The van der Waals surface area contributed by atoms with Gasteiger partial charge in [-0.2, -0.15) is 13.1 Å². The molecule has 0 aliphatic heterocycles. The fourth-order valence-corrected chi connectivity index (χ4v) is 2.21. The summed E-state index contributed by atoms with van der Waals surface area (Å²) in [6.07, 6.45) is 3.97. The van der Waals surface area contributed by atoms with Crippen LogP contribution in [-0.2, 0) is 33.9 Å². The first kappa shape index (κ1) is 25.1. The zero-order valence-electron chi connectivity index (χ0n) is 14.4. The van der Waals surface area contributed by atoms with Gasteiger partial charge in [-0.05, 0) is 0 Å². The second-order valence-corrected chi connectivity index (χ2v) is 6.71. The van der Waals surface area contributed by atoms with Crippen LogP contribution in [0.2, 0.25) is 0 Å². The Bertz CT molecular complexity index is 498. The summed E-state index contributed by atoms with van der Waals surface area (Å²) in [5.74, 6) is 2.35. The van der Waals surface area contributed by atoms with Crippen LogP contribution in [0.25, 0.3) is 0 Å². The number of rotatable bonds is 17. The molecule has 12 heteroatoms. The third kappa shape index (κ3) is 17.9. The van der Waals surface area contributed by atoms with Crippen molar-refractivity contribution in [3.05, 3.63) is 0 Å². The number of halogens is 1. The molecule has 0 saturated carbocycles. The van der Waals surface area contributed by atoms with Gasteiger partial charge in [0.2, 0.25) is 0 Å². The molecule has 0 rings (SSSR count). The summed E-state index contributed by atoms with van der Waals surface area (Å²) < 4.78 is 52.1. The molecular formula is C14H25BrN2O8S. The van der Waals surface area contributed by atoms with Crippen molar-refractivity contribution in [2.24, 2.45) is 0 Å². The van der Waals surface area contributed by atoms with Crippen LogP contribution in [0, 0.1) is 12.3 Å². The third-order valence-electron chi connectivity index (χ3n) is 2.37. The molecule has 0 aromatic carbocycles. The number of terminal acetylenes is 1. The third-order valence-corrected chi connectivity index (χ3v) is 3.71. The van der Waals surface area contributed by atoms with Crippen molar-refractivity contribution >= 4 is 32.2 Å². The highest BCUT2D eigenvalue weighted by Crippen LogP contribution is 1.86. The molecule has 0 bridgehead atoms. The lowest BCUT2D eigenvalue weighted by molar-refractivity contribution is 0.00202. The molecule has 152 valence electrons. The van der Waals surface area contributed by atoms with Gasteiger partial charge in [-0.25, -0.2) is 9.52 Å². The summed E-state index contributed by atoms with van der Waals surface area (Å²) in [5, 5.41) is 0.414. The number of ether oxygens (including phenoxy) is 5. The van der Waals surface area contributed by atoms with E-state index >= 15 is 0 Å². The molecule has 2 N–H and O–H groups in total. The Labute approximate surface area is 162 Å². The topological polar surface area (TPSA) is 121 Å². The van der Waals surface area contributed by atoms with Crippen molar-refractivity contribution in [3.63, 3.8) is 0 Å². The number of carbonyl (C=O) groups excluding carboxylic acids is 1. The largest absolute Gasteiger partial charge is 0.448 e. The van der Waals surface area contributed by atoms with Crippen LogP contribution in [0.15, 0.2) is 0 Å². The van der Waals surface area contributed by atoms with E-state index in [0.717, 1.165) is 0 Å². The van der Waals surface area contributed by atoms with Gasteiger partial charge in [0.05, 0.1) is 46.2 Å². The minimum atomic E-state index is -3.97. The van der Waals surface area contributed by atoms with E-state index in [1.54, 1.807) is 4.72 Å². The highest BCUT2D eigenvalue weighted by atomic mass is 79.9. The second kappa shape index (κ2) is 17.5. The Morgan fingerprint density at radius 2 is 1.46 bits per heavy atom. The molecule has 0 aromatic rings. The summed E-state index contributed by atoms with van der Waals surface area (Å²) >= 11 is 3.04. The Morgan fingerprint density at radius 3 is 2.00 bits per heavy atom. The normalized spacial score (nSPS) is 11.1. The standard InChI is InChI=1S/C14H25BrN2O8S/c1-2-5-21-8-10-23-12-13-24-11-9-22-7-4-16-26(19,20)17-14(18)25-6-3-15/h1,16H,3-13H2,(H,17,18). The quantitative estimate of drug-likeness (QED) is 0.171. The summed E-state index contributed by atoms with van der Waals surface area (Å²) in [5.41, 5.74) is 0. The minimum absolute atomic E-state index is 0.00181. The lowest BCUT2D eigenvalue weighted by atomic mass is 10.7. The fourth-order valence-electron chi connectivity index (χ4n) is 1.35. The fraction of sp³-hybridized carbons (Fsp3) is 0.786. The van der Waals surface area contributed by atoms with Crippen LogP contribution < -0.4 is 9.44 Å². The van der Waals surface area contributed by atoms with Crippen molar-refractivity contribution in [1.82, 2.24) is 9.44 Å². The molecule has 0 aromatic heterocycles. The van der Waals surface area contributed by atoms with E-state index in [1.165, 1.54) is 0 Å². The number of amides is 1. The molecule has 0 aliphatic carbocycles. The van der Waals surface area contributed by atoms with Gasteiger partial charge in [-0.15, -0.1) is 6.42 Å². The summed E-state index contributed by atoms with van der Waals surface area (Å²) in [4.78, 5) is 11.1. The molecule has 0 heterocycles. The zero-order valence-corrected chi connectivity index (χ0v) is 16.8. The molecule has 0 saturated heterocycles. The van der Waals surface area contributed by atoms with Crippen LogP contribution in [0.1, 0.15) is 0 Å². The van der Waals surface area contributed by atoms with Gasteiger partial charge in [0.1, 0.15) is 13.2 Å². The van der Waals surface area contributed by atoms with Crippen molar-refractivity contribution < 1.29 is 36.9 Å². The van der Waals surface area contributed by atoms with Crippen molar-refractivity contribution in [2.45, 2.75) is 0 Å². The molecular weight excluding hydrogens is 436 g/mol. The number of hydrogen-bond donors (Lipinski definition) is 2. The summed E-state index contributed by atoms with van der Waals surface area (Å²) in [7, 11) is -3.97. The number of alkyl halides is 1. The Hall–Kier alpha value is -0.940. The molecule has 1 amide bonds. The lowest BCUT2D eigenvalue weighted by Crippen LogP contribution is -2.42. The van der Waals surface area contributed by atoms with E-state index in [2.05, 4.69) is 31.3 Å². The first-order valence-corrected chi connectivity index (χ1v) is 10.4. The van der Waals surface area contributed by atoms with E-state index in [1.807, 2.05) is 0 Å². The highest BCUT2D eigenvalue weighted by Gasteiger charge is 2.14. The van der Waals surface area contributed by atoms with Gasteiger partial charge in [0.15, 0.2) is 0 Å². The maximum absolute atomic E-state index is 11.5. The van der Waals surface area contributed by atoms with E-state index in [9.17, 15) is 13.2 Å². The van der Waals surface area contributed by atoms with E-state index < -0.39 is 16.3 Å². The number of carbonyl (C=O) groups is 1. The van der Waals surface area contributed by atoms with Gasteiger partial charge in [-0.1, -0.05) is 21.9 Å². The highest BCUT2D eigenvalue weighted by molar-refractivity contribution is 9.09. The van der Waals surface area contributed by atoms with Crippen LogP contribution in [0.4, 0.5) is 4.79 Å². The first-order chi connectivity index (χ1) is 12.5. The van der Waals surface area contributed by atoms with E-state index in [4.69, 9.17) is 25.4 Å². The molecule has 0 fully saturated rings. The molecule has 0 radical (unpaired) electrons. The van der Waals surface area contributed by atoms with Crippen molar-refractivity contribution in [3.8, 4) is 12.3 Å². The zero-order chi connectivity index (χ0) is 19.5. The first-order valence-electron chi connectivity index (χ1n) is 7.76. The molecule has 0 aliphatic rings. The monoisotopic (exact) mass is 460 g/mol. The van der Waals surface area contributed by atoms with Crippen LogP contribution in [0.3, 0.4) is 0 Å². The Morgan fingerprint density at radius 1 is 0.923 bits per heavy atom. The lowest BCUT2D eigenvalue weighted by Gasteiger charge is -2.09. The Balaban J connectivity index is 3.40. The molecule has 0 unspecified atom stereocenters. The van der Waals surface area contributed by atoms with Gasteiger partial charge in [-0.3, -0.25) is 0 Å². The minimum Gasteiger partial charge on any atom is -0.448 e. The van der Waals surface area contributed by atoms with E-state index in [0.29, 0.717) is 45.0 Å². The maximum atomic E-state index is 11.5. The predicted molar refractivity (Wildman–Crippen MR) is 97.3 cm³/mol. The maximum Gasteiger partial charge on any atom is 0.421 e. The SMILES string of the molecule is C#CCOCCOCCOCCOCCNS(=O)(=O)NC(=O)OCCBr. The Kier molecular flexibility index (Phi) is 16.8. The average Bonchev–Trinajstić information content (AvgIpc) is 2.59. The van der Waals surface area contributed by atoms with Gasteiger partial charge >= 0.3 is 16.3 Å². The van der Waals surface area contributed by atoms with Gasteiger partial charge in [0.25, 0.3) is 0 Å². The molecule has 10 nitrogen and oxygen atoms in total. The molecule has 26 heavy (non-hydrogen) atoms. The van der Waals surface area contributed by atoms with Gasteiger partial charge in [0, 0.05) is 11.9 Å². The molecule has 0 atom stereocenters. The second-order valence-electron chi connectivity index (χ2n) is 4.42. The number of hydrogen-bond acceptors (Lipinski definition) is 8. The van der Waals surface area contributed by atoms with Crippen LogP contribution in [0.5, 0.6) is 0 Å². The molecule has 0 spiro atoms. The van der Waals surface area contributed by atoms with Crippen LogP contribution in [-0.4, -0.2) is 85.8 Å². The summed E-state index contributed by atoms with van der Waals surface area (Å²) in [6.45, 7) is 2.83. The smallest absolute Gasteiger partial charge is 0.421 e. The summed E-state index contributed by atoms with van der Waals surface area (Å²) in [6, 6.07) is 0. The number of nitrogens with one attached hydrogen (secondary N) is 2. The van der Waals surface area contributed by atoms with Gasteiger partial charge < -0.3 is 23.7 Å². The predicted octanol–water partition coefficient (Wildman–Crippen LogP) is -0.358. The van der Waals surface area contributed by atoms with Crippen molar-refractivity contribution in [1.29, 1.82) is 0 Å². The average molecular weight is 461 g/mol. The van der Waals surface area contributed by atoms with Crippen LogP contribution >= 0.6 is 15.9 Å².